The maximum Gasteiger partial charge on any atom is 0.253 e. The minimum absolute atomic E-state index is 0.0747. The molecule has 1 aliphatic rings. The van der Waals surface area contributed by atoms with E-state index < -0.39 is 0 Å². The number of carbonyl (C=O) groups is 3. The fourth-order valence-corrected chi connectivity index (χ4v) is 3.73. The smallest absolute Gasteiger partial charge is 0.253 e. The first kappa shape index (κ1) is 21.6. The van der Waals surface area contributed by atoms with Crippen molar-refractivity contribution in [2.24, 2.45) is 5.92 Å². The third-order valence-corrected chi connectivity index (χ3v) is 5.42. The fourth-order valence-electron chi connectivity index (χ4n) is 3.73. The van der Waals surface area contributed by atoms with E-state index >= 15 is 0 Å². The molecule has 1 saturated heterocycles. The van der Waals surface area contributed by atoms with Crippen molar-refractivity contribution in [2.45, 2.75) is 32.6 Å². The number of nitrogens with one attached hydrogen (secondary N) is 2. The number of carbonyl (C=O) groups excluding carboxylic acids is 3. The van der Waals surface area contributed by atoms with Crippen molar-refractivity contribution in [1.82, 2.24) is 10.2 Å². The SMILES string of the molecule is CCC(=O)N1CCCC(C(=O)Nc2ccccc2C(=O)NCCc2ccccc2)C1. The van der Waals surface area contributed by atoms with Gasteiger partial charge >= 0.3 is 0 Å². The molecule has 2 aromatic carbocycles. The van der Waals surface area contributed by atoms with Gasteiger partial charge in [0, 0.05) is 26.1 Å². The number of likely N-dealkylation sites (tertiary alicyclic amines) is 1. The molecule has 1 fully saturated rings. The van der Waals surface area contributed by atoms with E-state index in [2.05, 4.69) is 10.6 Å². The average Bonchev–Trinajstić information content (AvgIpc) is 2.79. The second kappa shape index (κ2) is 10.6. The molecule has 0 spiro atoms. The first-order valence-electron chi connectivity index (χ1n) is 10.6. The Labute approximate surface area is 177 Å². The molecule has 6 nitrogen and oxygen atoms in total. The third kappa shape index (κ3) is 5.69. The molecular formula is C24H29N3O3. The summed E-state index contributed by atoms with van der Waals surface area (Å²) in [6.45, 7) is 3.49. The van der Waals surface area contributed by atoms with Crippen LogP contribution in [0.2, 0.25) is 0 Å². The Morgan fingerprint density at radius 1 is 1.03 bits per heavy atom. The number of hydrogen-bond acceptors (Lipinski definition) is 3. The lowest BCUT2D eigenvalue weighted by atomic mass is 9.96. The highest BCUT2D eigenvalue weighted by Crippen LogP contribution is 2.21. The van der Waals surface area contributed by atoms with Gasteiger partial charge in [-0.3, -0.25) is 14.4 Å². The van der Waals surface area contributed by atoms with Crippen molar-refractivity contribution in [1.29, 1.82) is 0 Å². The summed E-state index contributed by atoms with van der Waals surface area (Å²) >= 11 is 0. The van der Waals surface area contributed by atoms with Gasteiger partial charge < -0.3 is 15.5 Å². The van der Waals surface area contributed by atoms with E-state index in [0.717, 1.165) is 24.8 Å². The summed E-state index contributed by atoms with van der Waals surface area (Å²) in [6, 6.07) is 17.0. The molecular weight excluding hydrogens is 378 g/mol. The number of hydrogen-bond donors (Lipinski definition) is 2. The molecule has 1 atom stereocenters. The Kier molecular flexibility index (Phi) is 7.60. The van der Waals surface area contributed by atoms with Gasteiger partial charge in [-0.1, -0.05) is 49.4 Å². The van der Waals surface area contributed by atoms with Crippen LogP contribution in [0.3, 0.4) is 0 Å². The van der Waals surface area contributed by atoms with Gasteiger partial charge in [0.05, 0.1) is 17.2 Å². The third-order valence-electron chi connectivity index (χ3n) is 5.42. The van der Waals surface area contributed by atoms with Crippen LogP contribution < -0.4 is 10.6 Å². The molecule has 30 heavy (non-hydrogen) atoms. The number of nitrogens with zero attached hydrogens (tertiary/aromatic N) is 1. The van der Waals surface area contributed by atoms with Crippen LogP contribution in [0.25, 0.3) is 0 Å². The Bertz CT molecular complexity index is 882. The van der Waals surface area contributed by atoms with E-state index in [1.54, 1.807) is 29.2 Å². The summed E-state index contributed by atoms with van der Waals surface area (Å²) in [5, 5.41) is 5.84. The number of rotatable bonds is 7. The Morgan fingerprint density at radius 3 is 2.53 bits per heavy atom. The molecule has 0 bridgehead atoms. The van der Waals surface area contributed by atoms with E-state index in [1.807, 2.05) is 37.3 Å². The topological polar surface area (TPSA) is 78.5 Å². The van der Waals surface area contributed by atoms with E-state index in [9.17, 15) is 14.4 Å². The summed E-state index contributed by atoms with van der Waals surface area (Å²) in [6.07, 6.45) is 2.74. The number of para-hydroxylation sites is 1. The van der Waals surface area contributed by atoms with Crippen LogP contribution in [0, 0.1) is 5.92 Å². The minimum atomic E-state index is -0.261. The van der Waals surface area contributed by atoms with Crippen LogP contribution in [-0.2, 0) is 16.0 Å². The summed E-state index contributed by atoms with van der Waals surface area (Å²) in [4.78, 5) is 39.2. The molecule has 158 valence electrons. The Hall–Kier alpha value is -3.15. The van der Waals surface area contributed by atoms with Crippen molar-refractivity contribution in [3.8, 4) is 0 Å². The van der Waals surface area contributed by atoms with Crippen molar-refractivity contribution in [2.75, 3.05) is 25.0 Å². The predicted octanol–water partition coefficient (Wildman–Crippen LogP) is 3.25. The van der Waals surface area contributed by atoms with Crippen LogP contribution in [0.5, 0.6) is 0 Å². The predicted molar refractivity (Wildman–Crippen MR) is 117 cm³/mol. The van der Waals surface area contributed by atoms with Crippen LogP contribution in [0.1, 0.15) is 42.1 Å². The summed E-state index contributed by atoms with van der Waals surface area (Å²) < 4.78 is 0. The lowest BCUT2D eigenvalue weighted by Gasteiger charge is -2.32. The number of amides is 3. The summed E-state index contributed by atoms with van der Waals surface area (Å²) in [5.74, 6) is -0.546. The zero-order chi connectivity index (χ0) is 21.3. The highest BCUT2D eigenvalue weighted by atomic mass is 16.2. The minimum Gasteiger partial charge on any atom is -0.352 e. The van der Waals surface area contributed by atoms with E-state index in [-0.39, 0.29) is 23.6 Å². The van der Waals surface area contributed by atoms with Crippen LogP contribution >= 0.6 is 0 Å². The number of benzene rings is 2. The van der Waals surface area contributed by atoms with Gasteiger partial charge in [0.15, 0.2) is 0 Å². The van der Waals surface area contributed by atoms with Crippen LogP contribution in [-0.4, -0.2) is 42.3 Å². The average molecular weight is 408 g/mol. The standard InChI is InChI=1S/C24H29N3O3/c1-2-22(28)27-16-8-11-19(17-27)23(29)26-21-13-7-6-12-20(21)24(30)25-15-14-18-9-4-3-5-10-18/h3-7,9-10,12-13,19H,2,8,11,14-17H2,1H3,(H,25,30)(H,26,29). The van der Waals surface area contributed by atoms with Gasteiger partial charge in [-0.15, -0.1) is 0 Å². The Balaban J connectivity index is 1.59. The molecule has 3 amide bonds. The van der Waals surface area contributed by atoms with Crippen molar-refractivity contribution in [3.05, 3.63) is 65.7 Å². The van der Waals surface area contributed by atoms with Gasteiger partial charge in [0.25, 0.3) is 5.91 Å². The fraction of sp³-hybridized carbons (Fsp3) is 0.375. The van der Waals surface area contributed by atoms with E-state index in [1.165, 1.54) is 0 Å². The van der Waals surface area contributed by atoms with Gasteiger partial charge in [0.1, 0.15) is 0 Å². The van der Waals surface area contributed by atoms with Crippen molar-refractivity contribution < 1.29 is 14.4 Å². The molecule has 0 radical (unpaired) electrons. The second-order valence-electron chi connectivity index (χ2n) is 7.56. The van der Waals surface area contributed by atoms with Crippen LogP contribution in [0.4, 0.5) is 5.69 Å². The molecule has 0 aliphatic carbocycles. The van der Waals surface area contributed by atoms with Gasteiger partial charge in [-0.05, 0) is 37.0 Å². The lowest BCUT2D eigenvalue weighted by molar-refractivity contribution is -0.134. The van der Waals surface area contributed by atoms with Crippen LogP contribution in [0.15, 0.2) is 54.6 Å². The molecule has 2 N–H and O–H groups in total. The van der Waals surface area contributed by atoms with E-state index in [0.29, 0.717) is 37.3 Å². The zero-order valence-electron chi connectivity index (χ0n) is 17.4. The largest absolute Gasteiger partial charge is 0.352 e. The molecule has 1 aliphatic heterocycles. The van der Waals surface area contributed by atoms with Crippen molar-refractivity contribution >= 4 is 23.4 Å². The maximum atomic E-state index is 12.8. The number of piperidine rings is 1. The Morgan fingerprint density at radius 2 is 1.77 bits per heavy atom. The van der Waals surface area contributed by atoms with Crippen molar-refractivity contribution in [3.63, 3.8) is 0 Å². The molecule has 2 aromatic rings. The molecule has 1 heterocycles. The van der Waals surface area contributed by atoms with Gasteiger partial charge in [-0.2, -0.15) is 0 Å². The second-order valence-corrected chi connectivity index (χ2v) is 7.56. The zero-order valence-corrected chi connectivity index (χ0v) is 17.4. The molecule has 6 heteroatoms. The first-order valence-corrected chi connectivity index (χ1v) is 10.6. The summed E-state index contributed by atoms with van der Waals surface area (Å²) in [5.41, 5.74) is 2.10. The molecule has 3 rings (SSSR count). The number of anilines is 1. The highest BCUT2D eigenvalue weighted by molar-refractivity contribution is 6.04. The van der Waals surface area contributed by atoms with Gasteiger partial charge in [-0.25, -0.2) is 0 Å². The lowest BCUT2D eigenvalue weighted by Crippen LogP contribution is -2.43. The molecule has 0 saturated carbocycles. The van der Waals surface area contributed by atoms with Gasteiger partial charge in [0.2, 0.25) is 11.8 Å². The first-order chi connectivity index (χ1) is 14.6. The molecule has 0 aromatic heterocycles. The summed E-state index contributed by atoms with van der Waals surface area (Å²) in [7, 11) is 0. The maximum absolute atomic E-state index is 12.8. The van der Waals surface area contributed by atoms with E-state index in [4.69, 9.17) is 0 Å². The normalized spacial score (nSPS) is 16.0. The highest BCUT2D eigenvalue weighted by Gasteiger charge is 2.28. The molecule has 1 unspecified atom stereocenters. The monoisotopic (exact) mass is 407 g/mol. The quantitative estimate of drug-likeness (QED) is 0.740.